The molecule has 6 nitrogen and oxygen atoms in total. The number of aromatic nitrogens is 3. The second-order valence-corrected chi connectivity index (χ2v) is 6.68. The Labute approximate surface area is 141 Å². The van der Waals surface area contributed by atoms with Gasteiger partial charge in [0.2, 0.25) is 0 Å². The molecule has 0 saturated carbocycles. The molecule has 0 bridgehead atoms. The number of pyridine rings is 1. The van der Waals surface area contributed by atoms with Crippen molar-refractivity contribution >= 4 is 5.91 Å². The molecule has 0 unspecified atom stereocenters. The van der Waals surface area contributed by atoms with Gasteiger partial charge in [-0.2, -0.15) is 0 Å². The highest BCUT2D eigenvalue weighted by molar-refractivity contribution is 5.93. The van der Waals surface area contributed by atoms with Gasteiger partial charge in [-0.3, -0.25) is 14.7 Å². The Morgan fingerprint density at radius 1 is 1.25 bits per heavy atom. The van der Waals surface area contributed by atoms with E-state index in [1.807, 2.05) is 24.1 Å². The Balaban J connectivity index is 1.41. The normalized spacial score (nSPS) is 23.5. The molecule has 1 amide bonds. The van der Waals surface area contributed by atoms with Gasteiger partial charge in [0, 0.05) is 57.0 Å². The zero-order chi connectivity index (χ0) is 16.5. The van der Waals surface area contributed by atoms with Gasteiger partial charge in [0.25, 0.3) is 5.91 Å². The van der Waals surface area contributed by atoms with Crippen LogP contribution in [0.25, 0.3) is 0 Å². The molecule has 0 aromatic carbocycles. The molecule has 0 spiro atoms. The molecule has 2 saturated heterocycles. The fourth-order valence-electron chi connectivity index (χ4n) is 3.68. The zero-order valence-corrected chi connectivity index (χ0v) is 13.8. The van der Waals surface area contributed by atoms with E-state index >= 15 is 0 Å². The lowest BCUT2D eigenvalue weighted by atomic mass is 9.82. The number of fused-ring (bicyclic) bond motifs is 1. The summed E-state index contributed by atoms with van der Waals surface area (Å²) in [5, 5.41) is 0. The van der Waals surface area contributed by atoms with E-state index in [0.717, 1.165) is 32.6 Å². The Morgan fingerprint density at radius 3 is 2.83 bits per heavy atom. The molecule has 4 heterocycles. The SMILES string of the molecule is Cc1ncc(C(=O)N2CC[C@@H]3CN(Cc4cccnc4)[C@@H]3C2)cn1. The van der Waals surface area contributed by atoms with Crippen molar-refractivity contribution in [2.45, 2.75) is 25.9 Å². The van der Waals surface area contributed by atoms with E-state index in [2.05, 4.69) is 25.9 Å². The van der Waals surface area contributed by atoms with E-state index in [9.17, 15) is 4.79 Å². The highest BCUT2D eigenvalue weighted by Gasteiger charge is 2.43. The van der Waals surface area contributed by atoms with Crippen molar-refractivity contribution in [2.24, 2.45) is 5.92 Å². The monoisotopic (exact) mass is 323 g/mol. The first kappa shape index (κ1) is 15.2. The molecule has 0 N–H and O–H groups in total. The molecule has 2 aliphatic rings. The van der Waals surface area contributed by atoms with E-state index in [1.54, 1.807) is 18.6 Å². The molecule has 0 radical (unpaired) electrons. The number of hydrogen-bond acceptors (Lipinski definition) is 5. The van der Waals surface area contributed by atoms with Gasteiger partial charge in [0.1, 0.15) is 5.82 Å². The maximum atomic E-state index is 12.7. The van der Waals surface area contributed by atoms with Crippen molar-refractivity contribution in [3.05, 3.63) is 53.9 Å². The molecule has 124 valence electrons. The summed E-state index contributed by atoms with van der Waals surface area (Å²) in [5.74, 6) is 1.44. The Kier molecular flexibility index (Phi) is 3.98. The van der Waals surface area contributed by atoms with Crippen LogP contribution < -0.4 is 0 Å². The fourth-order valence-corrected chi connectivity index (χ4v) is 3.68. The minimum Gasteiger partial charge on any atom is -0.337 e. The lowest BCUT2D eigenvalue weighted by molar-refractivity contribution is -0.0428. The first-order valence-electron chi connectivity index (χ1n) is 8.41. The van der Waals surface area contributed by atoms with Gasteiger partial charge in [-0.05, 0) is 30.9 Å². The molecule has 0 aliphatic carbocycles. The van der Waals surface area contributed by atoms with E-state index in [1.165, 1.54) is 5.56 Å². The molecule has 6 heteroatoms. The molecule has 2 aliphatic heterocycles. The van der Waals surface area contributed by atoms with E-state index in [0.29, 0.717) is 23.3 Å². The molecule has 2 fully saturated rings. The third-order valence-electron chi connectivity index (χ3n) is 5.08. The van der Waals surface area contributed by atoms with Gasteiger partial charge in [-0.25, -0.2) is 9.97 Å². The van der Waals surface area contributed by atoms with Crippen LogP contribution in [0.4, 0.5) is 0 Å². The van der Waals surface area contributed by atoms with E-state index in [4.69, 9.17) is 0 Å². The van der Waals surface area contributed by atoms with Crippen molar-refractivity contribution in [1.82, 2.24) is 24.8 Å². The first-order chi connectivity index (χ1) is 11.7. The second kappa shape index (κ2) is 6.28. The molecule has 2 aromatic heterocycles. The van der Waals surface area contributed by atoms with Crippen molar-refractivity contribution in [1.29, 1.82) is 0 Å². The highest BCUT2D eigenvalue weighted by Crippen LogP contribution is 2.34. The molecular formula is C18H21N5O. The number of aryl methyl sites for hydroxylation is 1. The fraction of sp³-hybridized carbons (Fsp3) is 0.444. The summed E-state index contributed by atoms with van der Waals surface area (Å²) in [6, 6.07) is 4.53. The summed E-state index contributed by atoms with van der Waals surface area (Å²) < 4.78 is 0. The summed E-state index contributed by atoms with van der Waals surface area (Å²) in [5.41, 5.74) is 1.81. The lowest BCUT2D eigenvalue weighted by Gasteiger charge is -2.53. The first-order valence-corrected chi connectivity index (χ1v) is 8.41. The minimum atomic E-state index is 0.0432. The third-order valence-corrected chi connectivity index (χ3v) is 5.08. The number of carbonyl (C=O) groups excluding carboxylic acids is 1. The van der Waals surface area contributed by atoms with Crippen LogP contribution in [0.1, 0.15) is 28.2 Å². The van der Waals surface area contributed by atoms with Crippen molar-refractivity contribution in [3.63, 3.8) is 0 Å². The predicted molar refractivity (Wildman–Crippen MR) is 89.2 cm³/mol. The number of likely N-dealkylation sites (tertiary alicyclic amines) is 2. The third kappa shape index (κ3) is 2.89. The van der Waals surface area contributed by atoms with Crippen molar-refractivity contribution < 1.29 is 4.79 Å². The summed E-state index contributed by atoms with van der Waals surface area (Å²) in [6.45, 7) is 5.47. The number of carbonyl (C=O) groups is 1. The van der Waals surface area contributed by atoms with Crippen LogP contribution in [-0.2, 0) is 6.54 Å². The minimum absolute atomic E-state index is 0.0432. The largest absolute Gasteiger partial charge is 0.337 e. The van der Waals surface area contributed by atoms with Crippen LogP contribution in [0.15, 0.2) is 36.9 Å². The zero-order valence-electron chi connectivity index (χ0n) is 13.8. The number of hydrogen-bond donors (Lipinski definition) is 0. The van der Waals surface area contributed by atoms with Crippen LogP contribution in [0.2, 0.25) is 0 Å². The maximum absolute atomic E-state index is 12.7. The summed E-state index contributed by atoms with van der Waals surface area (Å²) in [6.07, 6.45) is 8.05. The highest BCUT2D eigenvalue weighted by atomic mass is 16.2. The van der Waals surface area contributed by atoms with Crippen LogP contribution in [0.3, 0.4) is 0 Å². The molecule has 2 atom stereocenters. The standard InChI is InChI=1S/C18H21N5O/c1-13-20-8-16(9-21-13)18(24)22-6-4-15-11-23(17(15)12-22)10-14-3-2-5-19-7-14/h2-3,5,7-9,15,17H,4,6,10-12H2,1H3/t15-,17-/m1/s1. The van der Waals surface area contributed by atoms with Gasteiger partial charge in [-0.1, -0.05) is 6.07 Å². The topological polar surface area (TPSA) is 62.2 Å². The quantitative estimate of drug-likeness (QED) is 0.857. The smallest absolute Gasteiger partial charge is 0.257 e. The van der Waals surface area contributed by atoms with Gasteiger partial charge in [0.15, 0.2) is 0 Å². The Hall–Kier alpha value is -2.34. The van der Waals surface area contributed by atoms with Gasteiger partial charge >= 0.3 is 0 Å². The van der Waals surface area contributed by atoms with Crippen LogP contribution in [-0.4, -0.2) is 56.3 Å². The maximum Gasteiger partial charge on any atom is 0.257 e. The summed E-state index contributed by atoms with van der Waals surface area (Å²) >= 11 is 0. The average Bonchev–Trinajstić information content (AvgIpc) is 2.61. The number of rotatable bonds is 3. The molecular weight excluding hydrogens is 302 g/mol. The predicted octanol–water partition coefficient (Wildman–Crippen LogP) is 1.53. The Bertz CT molecular complexity index is 718. The van der Waals surface area contributed by atoms with E-state index in [-0.39, 0.29) is 5.91 Å². The average molecular weight is 323 g/mol. The summed E-state index contributed by atoms with van der Waals surface area (Å²) in [7, 11) is 0. The van der Waals surface area contributed by atoms with Gasteiger partial charge < -0.3 is 4.90 Å². The van der Waals surface area contributed by atoms with Crippen LogP contribution in [0, 0.1) is 12.8 Å². The van der Waals surface area contributed by atoms with Crippen molar-refractivity contribution in [3.8, 4) is 0 Å². The van der Waals surface area contributed by atoms with Crippen molar-refractivity contribution in [2.75, 3.05) is 19.6 Å². The van der Waals surface area contributed by atoms with Crippen LogP contribution >= 0.6 is 0 Å². The molecule has 2 aromatic rings. The number of amides is 1. The van der Waals surface area contributed by atoms with Crippen LogP contribution in [0.5, 0.6) is 0 Å². The van der Waals surface area contributed by atoms with E-state index < -0.39 is 0 Å². The Morgan fingerprint density at radius 2 is 2.08 bits per heavy atom. The second-order valence-electron chi connectivity index (χ2n) is 6.68. The van der Waals surface area contributed by atoms with Gasteiger partial charge in [-0.15, -0.1) is 0 Å². The molecule has 24 heavy (non-hydrogen) atoms. The van der Waals surface area contributed by atoms with Gasteiger partial charge in [0.05, 0.1) is 5.56 Å². The summed E-state index contributed by atoms with van der Waals surface area (Å²) in [4.78, 5) is 29.5. The number of nitrogens with zero attached hydrogens (tertiary/aromatic N) is 5. The number of piperidine rings is 1. The molecule has 4 rings (SSSR count). The lowest BCUT2D eigenvalue weighted by Crippen LogP contribution is -2.64.